The summed E-state index contributed by atoms with van der Waals surface area (Å²) in [6.07, 6.45) is 4.14. The quantitative estimate of drug-likeness (QED) is 0.914. The summed E-state index contributed by atoms with van der Waals surface area (Å²) < 4.78 is 0. The van der Waals surface area contributed by atoms with Crippen molar-refractivity contribution < 1.29 is 4.79 Å². The molecule has 0 radical (unpaired) electrons. The van der Waals surface area contributed by atoms with Gasteiger partial charge >= 0.3 is 0 Å². The van der Waals surface area contributed by atoms with E-state index in [1.807, 2.05) is 13.0 Å². The number of rotatable bonds is 3. The zero-order valence-corrected chi connectivity index (χ0v) is 12.2. The highest BCUT2D eigenvalue weighted by atomic mass is 32.1. The van der Waals surface area contributed by atoms with Crippen LogP contribution in [0.1, 0.15) is 38.3 Å². The highest BCUT2D eigenvalue weighted by molar-refractivity contribution is 7.16. The zero-order chi connectivity index (χ0) is 13.2. The van der Waals surface area contributed by atoms with Crippen LogP contribution >= 0.6 is 22.7 Å². The number of hydrogen-bond acceptors (Lipinski definition) is 5. The van der Waals surface area contributed by atoms with Gasteiger partial charge in [-0.3, -0.25) is 10.1 Å². The lowest BCUT2D eigenvalue weighted by Crippen LogP contribution is -2.11. The lowest BCUT2D eigenvalue weighted by molar-refractivity contribution is 0.103. The Labute approximate surface area is 119 Å². The van der Waals surface area contributed by atoms with Crippen molar-refractivity contribution in [1.29, 1.82) is 0 Å². The van der Waals surface area contributed by atoms with E-state index in [9.17, 15) is 4.79 Å². The van der Waals surface area contributed by atoms with E-state index in [0.29, 0.717) is 11.2 Å². The first-order valence-electron chi connectivity index (χ1n) is 6.29. The minimum absolute atomic E-state index is 0.0661. The monoisotopic (exact) mass is 293 g/mol. The second kappa shape index (κ2) is 5.40. The average Bonchev–Trinajstić information content (AvgIpc) is 3.08. The number of anilines is 1. The fourth-order valence-corrected chi connectivity index (χ4v) is 3.83. The standard InChI is InChI=1S/C13H15N3OS2/c1-8-7-15-13(18-8)16-12(17)11-5-4-10(19-11)9-3-2-6-14-9/h4-5,7,9,14H,2-3,6H2,1H3,(H,15,16,17)/t9-/m1/s1. The number of carbonyl (C=O) groups is 1. The number of aryl methyl sites for hydroxylation is 1. The van der Waals surface area contributed by atoms with Crippen molar-refractivity contribution in [3.63, 3.8) is 0 Å². The first kappa shape index (κ1) is 12.8. The summed E-state index contributed by atoms with van der Waals surface area (Å²) in [5, 5.41) is 6.95. The number of carbonyl (C=O) groups excluding carboxylic acids is 1. The Morgan fingerprint density at radius 2 is 2.37 bits per heavy atom. The third-order valence-corrected chi connectivity index (χ3v) is 5.12. The molecule has 1 amide bonds. The fourth-order valence-electron chi connectivity index (χ4n) is 2.16. The molecule has 0 saturated carbocycles. The van der Waals surface area contributed by atoms with Gasteiger partial charge in [0.05, 0.1) is 4.88 Å². The van der Waals surface area contributed by atoms with Gasteiger partial charge in [0.2, 0.25) is 0 Å². The normalized spacial score (nSPS) is 18.7. The number of amides is 1. The van der Waals surface area contributed by atoms with Gasteiger partial charge in [-0.1, -0.05) is 0 Å². The van der Waals surface area contributed by atoms with Crippen LogP contribution in [-0.4, -0.2) is 17.4 Å². The van der Waals surface area contributed by atoms with Crippen molar-refractivity contribution in [2.75, 3.05) is 11.9 Å². The van der Waals surface area contributed by atoms with Crippen molar-refractivity contribution in [3.8, 4) is 0 Å². The largest absolute Gasteiger partial charge is 0.309 e. The molecule has 3 heterocycles. The number of aromatic nitrogens is 1. The van der Waals surface area contributed by atoms with Crippen LogP contribution in [0.3, 0.4) is 0 Å². The Balaban J connectivity index is 1.69. The first-order valence-corrected chi connectivity index (χ1v) is 7.92. The van der Waals surface area contributed by atoms with E-state index in [4.69, 9.17) is 0 Å². The Hall–Kier alpha value is -1.24. The second-order valence-corrected chi connectivity index (χ2v) is 6.93. The second-order valence-electron chi connectivity index (χ2n) is 4.58. The van der Waals surface area contributed by atoms with E-state index in [-0.39, 0.29) is 5.91 Å². The minimum Gasteiger partial charge on any atom is -0.309 e. The Morgan fingerprint density at radius 3 is 3.05 bits per heavy atom. The molecule has 1 aliphatic heterocycles. The Kier molecular flexibility index (Phi) is 3.63. The van der Waals surface area contributed by atoms with Crippen LogP contribution in [0.2, 0.25) is 0 Å². The Morgan fingerprint density at radius 1 is 1.47 bits per heavy atom. The van der Waals surface area contributed by atoms with Crippen LogP contribution in [0.25, 0.3) is 0 Å². The van der Waals surface area contributed by atoms with Crippen LogP contribution < -0.4 is 10.6 Å². The molecule has 2 N–H and O–H groups in total. The highest BCUT2D eigenvalue weighted by Crippen LogP contribution is 2.29. The number of thiophene rings is 1. The fraction of sp³-hybridized carbons (Fsp3) is 0.385. The smallest absolute Gasteiger partial charge is 0.267 e. The molecule has 0 aromatic carbocycles. The molecular weight excluding hydrogens is 278 g/mol. The third-order valence-electron chi connectivity index (χ3n) is 3.10. The predicted molar refractivity (Wildman–Crippen MR) is 79.1 cm³/mol. The average molecular weight is 293 g/mol. The molecule has 1 aliphatic rings. The minimum atomic E-state index is -0.0661. The maximum atomic E-state index is 12.1. The van der Waals surface area contributed by atoms with Gasteiger partial charge in [0.1, 0.15) is 0 Å². The molecule has 2 aromatic rings. The van der Waals surface area contributed by atoms with Crippen molar-refractivity contribution in [3.05, 3.63) is 33.0 Å². The molecule has 1 fully saturated rings. The van der Waals surface area contributed by atoms with Crippen LogP contribution in [0, 0.1) is 6.92 Å². The molecule has 1 atom stereocenters. The van der Waals surface area contributed by atoms with Crippen LogP contribution in [0.5, 0.6) is 0 Å². The van der Waals surface area contributed by atoms with Gasteiger partial charge in [-0.2, -0.15) is 0 Å². The molecule has 100 valence electrons. The molecule has 0 bridgehead atoms. The third kappa shape index (κ3) is 2.86. The van der Waals surface area contributed by atoms with Gasteiger partial charge < -0.3 is 5.32 Å². The molecule has 0 unspecified atom stereocenters. The molecule has 3 rings (SSSR count). The lowest BCUT2D eigenvalue weighted by Gasteiger charge is -2.05. The summed E-state index contributed by atoms with van der Waals surface area (Å²) in [4.78, 5) is 19.3. The first-order chi connectivity index (χ1) is 9.22. The number of hydrogen-bond donors (Lipinski definition) is 2. The number of thiazole rings is 1. The van der Waals surface area contributed by atoms with E-state index in [0.717, 1.165) is 22.7 Å². The SMILES string of the molecule is Cc1cnc(NC(=O)c2ccc([C@H]3CCCN3)s2)s1. The molecule has 0 spiro atoms. The van der Waals surface area contributed by atoms with Gasteiger partial charge in [-0.05, 0) is 38.4 Å². The van der Waals surface area contributed by atoms with E-state index in [1.165, 1.54) is 22.6 Å². The van der Waals surface area contributed by atoms with Crippen molar-refractivity contribution in [1.82, 2.24) is 10.3 Å². The number of nitrogens with one attached hydrogen (secondary N) is 2. The maximum absolute atomic E-state index is 12.1. The summed E-state index contributed by atoms with van der Waals surface area (Å²) in [6, 6.07) is 4.37. The van der Waals surface area contributed by atoms with Crippen LogP contribution in [-0.2, 0) is 0 Å². The van der Waals surface area contributed by atoms with Gasteiger partial charge in [-0.15, -0.1) is 22.7 Å². The lowest BCUT2D eigenvalue weighted by atomic mass is 10.2. The van der Waals surface area contributed by atoms with Gasteiger partial charge in [0.15, 0.2) is 5.13 Å². The molecular formula is C13H15N3OS2. The molecule has 2 aromatic heterocycles. The van der Waals surface area contributed by atoms with E-state index in [1.54, 1.807) is 17.5 Å². The summed E-state index contributed by atoms with van der Waals surface area (Å²) in [7, 11) is 0. The van der Waals surface area contributed by atoms with Crippen molar-refractivity contribution in [2.24, 2.45) is 0 Å². The Bertz CT molecular complexity index is 584. The summed E-state index contributed by atoms with van der Waals surface area (Å²) in [6.45, 7) is 3.05. The van der Waals surface area contributed by atoms with Gasteiger partial charge in [0.25, 0.3) is 5.91 Å². The van der Waals surface area contributed by atoms with Gasteiger partial charge in [-0.25, -0.2) is 4.98 Å². The van der Waals surface area contributed by atoms with Crippen molar-refractivity contribution >= 4 is 33.7 Å². The summed E-state index contributed by atoms with van der Waals surface area (Å²) in [5.74, 6) is -0.0661. The summed E-state index contributed by atoms with van der Waals surface area (Å²) in [5.41, 5.74) is 0. The highest BCUT2D eigenvalue weighted by Gasteiger charge is 2.19. The van der Waals surface area contributed by atoms with E-state index >= 15 is 0 Å². The number of nitrogens with zero attached hydrogens (tertiary/aromatic N) is 1. The van der Waals surface area contributed by atoms with E-state index < -0.39 is 0 Å². The zero-order valence-electron chi connectivity index (χ0n) is 10.6. The molecule has 0 aliphatic carbocycles. The molecule has 19 heavy (non-hydrogen) atoms. The van der Waals surface area contributed by atoms with Gasteiger partial charge in [0, 0.05) is 22.0 Å². The molecule has 4 nitrogen and oxygen atoms in total. The predicted octanol–water partition coefficient (Wildman–Crippen LogP) is 3.19. The summed E-state index contributed by atoms with van der Waals surface area (Å²) >= 11 is 3.06. The van der Waals surface area contributed by atoms with Crippen LogP contribution in [0.4, 0.5) is 5.13 Å². The van der Waals surface area contributed by atoms with Crippen LogP contribution in [0.15, 0.2) is 18.3 Å². The topological polar surface area (TPSA) is 54.0 Å². The molecule has 1 saturated heterocycles. The maximum Gasteiger partial charge on any atom is 0.267 e. The van der Waals surface area contributed by atoms with Crippen molar-refractivity contribution in [2.45, 2.75) is 25.8 Å². The van der Waals surface area contributed by atoms with E-state index in [2.05, 4.69) is 21.7 Å². The molecule has 6 heteroatoms.